The third-order valence-corrected chi connectivity index (χ3v) is 8.48. The van der Waals surface area contributed by atoms with E-state index >= 15 is 0 Å². The van der Waals surface area contributed by atoms with Crippen molar-refractivity contribution in [2.75, 3.05) is 19.6 Å². The molecule has 0 unspecified atom stereocenters. The van der Waals surface area contributed by atoms with Crippen LogP contribution in [-0.4, -0.2) is 49.2 Å². The number of aryl methyl sites for hydroxylation is 2. The van der Waals surface area contributed by atoms with Crippen LogP contribution in [0.3, 0.4) is 0 Å². The fourth-order valence-electron chi connectivity index (χ4n) is 4.40. The Labute approximate surface area is 156 Å². The fourth-order valence-corrected chi connectivity index (χ4v) is 5.92. The van der Waals surface area contributed by atoms with Crippen LogP contribution in [-0.2, 0) is 14.8 Å². The van der Waals surface area contributed by atoms with Crippen LogP contribution in [0.25, 0.3) is 0 Å². The molecule has 1 aromatic carbocycles. The van der Waals surface area contributed by atoms with Gasteiger partial charge in [-0.15, -0.1) is 0 Å². The van der Waals surface area contributed by atoms with Gasteiger partial charge in [0.15, 0.2) is 0 Å². The number of likely N-dealkylation sites (tertiary alicyclic amines) is 1. The second-order valence-corrected chi connectivity index (χ2v) is 10.3. The zero-order valence-electron chi connectivity index (χ0n) is 15.7. The van der Waals surface area contributed by atoms with Crippen molar-refractivity contribution in [3.05, 3.63) is 29.3 Å². The molecular weight excluding hydrogens is 348 g/mol. The predicted octanol–water partition coefficient (Wildman–Crippen LogP) is 2.86. The average Bonchev–Trinajstić information content (AvgIpc) is 3.45. The maximum absolute atomic E-state index is 13.0. The van der Waals surface area contributed by atoms with E-state index in [-0.39, 0.29) is 5.41 Å². The molecule has 5 nitrogen and oxygen atoms in total. The van der Waals surface area contributed by atoms with Gasteiger partial charge in [0.25, 0.3) is 0 Å². The summed E-state index contributed by atoms with van der Waals surface area (Å²) >= 11 is 0. The van der Waals surface area contributed by atoms with Crippen molar-refractivity contribution >= 4 is 15.9 Å². The molecule has 1 spiro atoms. The molecule has 0 radical (unpaired) electrons. The summed E-state index contributed by atoms with van der Waals surface area (Å²) in [6.07, 6.45) is 5.51. The lowest BCUT2D eigenvalue weighted by atomic mass is 9.72. The Bertz CT molecular complexity index is 821. The fraction of sp³-hybridized carbons (Fsp3) is 0.650. The summed E-state index contributed by atoms with van der Waals surface area (Å²) in [7, 11) is -3.43. The van der Waals surface area contributed by atoms with Gasteiger partial charge in [-0.1, -0.05) is 6.07 Å². The zero-order valence-corrected chi connectivity index (χ0v) is 16.5. The molecule has 0 aromatic heterocycles. The second kappa shape index (κ2) is 6.34. The van der Waals surface area contributed by atoms with Crippen molar-refractivity contribution in [3.63, 3.8) is 0 Å². The smallest absolute Gasteiger partial charge is 0.243 e. The van der Waals surface area contributed by atoms with Crippen LogP contribution in [0.4, 0.5) is 0 Å². The number of rotatable bonds is 3. The average molecular weight is 377 g/mol. The standard InChI is InChI=1S/C20H28N2O3S/c1-15-3-6-18(13-16(15)2)26(24,25)21-11-9-20(10-12-21)8-7-19(23)22(14-20)17-4-5-17/h3,6,13,17H,4-5,7-12,14H2,1-2H3. The van der Waals surface area contributed by atoms with Gasteiger partial charge in [0.2, 0.25) is 15.9 Å². The molecule has 6 heteroatoms. The van der Waals surface area contributed by atoms with Crippen molar-refractivity contribution in [1.82, 2.24) is 9.21 Å². The van der Waals surface area contributed by atoms with Crippen LogP contribution in [0.2, 0.25) is 0 Å². The van der Waals surface area contributed by atoms with Crippen molar-refractivity contribution in [3.8, 4) is 0 Å². The summed E-state index contributed by atoms with van der Waals surface area (Å²) in [6, 6.07) is 5.84. The molecule has 1 aliphatic carbocycles. The van der Waals surface area contributed by atoms with Crippen LogP contribution in [0.1, 0.15) is 49.7 Å². The summed E-state index contributed by atoms with van der Waals surface area (Å²) in [5.74, 6) is 0.295. The van der Waals surface area contributed by atoms with E-state index < -0.39 is 10.0 Å². The van der Waals surface area contributed by atoms with Gasteiger partial charge in [0.05, 0.1) is 4.90 Å². The first-order valence-electron chi connectivity index (χ1n) is 9.68. The second-order valence-electron chi connectivity index (χ2n) is 8.40. The molecule has 142 valence electrons. The lowest BCUT2D eigenvalue weighted by Crippen LogP contribution is -2.52. The minimum atomic E-state index is -3.43. The highest BCUT2D eigenvalue weighted by Gasteiger charge is 2.46. The van der Waals surface area contributed by atoms with Crippen LogP contribution in [0.15, 0.2) is 23.1 Å². The Morgan fingerprint density at radius 3 is 2.35 bits per heavy atom. The first-order valence-corrected chi connectivity index (χ1v) is 11.1. The minimum Gasteiger partial charge on any atom is -0.339 e. The molecule has 26 heavy (non-hydrogen) atoms. The monoisotopic (exact) mass is 376 g/mol. The lowest BCUT2D eigenvalue weighted by Gasteiger charge is -2.47. The number of carbonyl (C=O) groups is 1. The maximum Gasteiger partial charge on any atom is 0.243 e. The molecule has 1 amide bonds. The lowest BCUT2D eigenvalue weighted by molar-refractivity contribution is -0.139. The molecule has 1 saturated carbocycles. The molecule has 2 heterocycles. The van der Waals surface area contributed by atoms with Gasteiger partial charge in [-0.05, 0) is 74.6 Å². The number of nitrogens with zero attached hydrogens (tertiary/aromatic N) is 2. The molecule has 2 saturated heterocycles. The molecule has 3 aliphatic rings. The predicted molar refractivity (Wildman–Crippen MR) is 100 cm³/mol. The van der Waals surface area contributed by atoms with E-state index in [0.29, 0.717) is 36.4 Å². The molecule has 1 aromatic rings. The first kappa shape index (κ1) is 18.0. The molecular formula is C20H28N2O3S. The van der Waals surface area contributed by atoms with Crippen LogP contribution in [0, 0.1) is 19.3 Å². The Morgan fingerprint density at radius 2 is 1.73 bits per heavy atom. The molecule has 4 rings (SSSR count). The van der Waals surface area contributed by atoms with Gasteiger partial charge in [0.1, 0.15) is 0 Å². The van der Waals surface area contributed by atoms with Crippen molar-refractivity contribution in [2.45, 2.75) is 63.3 Å². The summed E-state index contributed by atoms with van der Waals surface area (Å²) in [5.41, 5.74) is 2.23. The number of piperidine rings is 2. The zero-order chi connectivity index (χ0) is 18.5. The van der Waals surface area contributed by atoms with E-state index in [1.165, 1.54) is 0 Å². The van der Waals surface area contributed by atoms with E-state index in [4.69, 9.17) is 0 Å². The summed E-state index contributed by atoms with van der Waals surface area (Å²) < 4.78 is 27.7. The number of hydrogen-bond acceptors (Lipinski definition) is 3. The Morgan fingerprint density at radius 1 is 1.04 bits per heavy atom. The van der Waals surface area contributed by atoms with Gasteiger partial charge in [0, 0.05) is 32.1 Å². The first-order chi connectivity index (χ1) is 12.3. The third kappa shape index (κ3) is 3.18. The SMILES string of the molecule is Cc1ccc(S(=O)(=O)N2CCC3(CCC(=O)N(C4CC4)C3)CC2)cc1C. The van der Waals surface area contributed by atoms with Crippen LogP contribution in [0.5, 0.6) is 0 Å². The molecule has 2 aliphatic heterocycles. The number of benzene rings is 1. The summed E-state index contributed by atoms with van der Waals surface area (Å²) in [4.78, 5) is 14.7. The highest BCUT2D eigenvalue weighted by Crippen LogP contribution is 2.44. The Kier molecular flexibility index (Phi) is 4.39. The molecule has 0 atom stereocenters. The van der Waals surface area contributed by atoms with Gasteiger partial charge >= 0.3 is 0 Å². The normalized spacial score (nSPS) is 24.2. The van der Waals surface area contributed by atoms with Crippen molar-refractivity contribution in [1.29, 1.82) is 0 Å². The number of hydrogen-bond donors (Lipinski definition) is 0. The number of amides is 1. The van der Waals surface area contributed by atoms with Gasteiger partial charge < -0.3 is 4.90 Å². The highest BCUT2D eigenvalue weighted by molar-refractivity contribution is 7.89. The topological polar surface area (TPSA) is 57.7 Å². The largest absolute Gasteiger partial charge is 0.339 e. The van der Waals surface area contributed by atoms with Crippen LogP contribution >= 0.6 is 0 Å². The van der Waals surface area contributed by atoms with E-state index in [0.717, 1.165) is 49.8 Å². The molecule has 0 bridgehead atoms. The van der Waals surface area contributed by atoms with E-state index in [9.17, 15) is 13.2 Å². The van der Waals surface area contributed by atoms with Crippen LogP contribution < -0.4 is 0 Å². The van der Waals surface area contributed by atoms with E-state index in [1.807, 2.05) is 19.9 Å². The minimum absolute atomic E-state index is 0.117. The quantitative estimate of drug-likeness (QED) is 0.815. The number of sulfonamides is 1. The highest BCUT2D eigenvalue weighted by atomic mass is 32.2. The van der Waals surface area contributed by atoms with Crippen molar-refractivity contribution in [2.24, 2.45) is 5.41 Å². The van der Waals surface area contributed by atoms with E-state index in [2.05, 4.69) is 4.90 Å². The molecule has 3 fully saturated rings. The summed E-state index contributed by atoms with van der Waals surface area (Å²) in [5, 5.41) is 0. The number of carbonyl (C=O) groups excluding carboxylic acids is 1. The van der Waals surface area contributed by atoms with Gasteiger partial charge in [-0.25, -0.2) is 8.42 Å². The maximum atomic E-state index is 13.0. The van der Waals surface area contributed by atoms with E-state index in [1.54, 1.807) is 16.4 Å². The van der Waals surface area contributed by atoms with Gasteiger partial charge in [-0.2, -0.15) is 4.31 Å². The third-order valence-electron chi connectivity index (χ3n) is 6.58. The molecule has 0 N–H and O–H groups in total. The van der Waals surface area contributed by atoms with Gasteiger partial charge in [-0.3, -0.25) is 4.79 Å². The summed E-state index contributed by atoms with van der Waals surface area (Å²) in [6.45, 7) is 5.88. The Hall–Kier alpha value is -1.40. The Balaban J connectivity index is 1.47. The van der Waals surface area contributed by atoms with Crippen molar-refractivity contribution < 1.29 is 13.2 Å².